The van der Waals surface area contributed by atoms with Gasteiger partial charge < -0.3 is 0 Å². The fourth-order valence-corrected chi connectivity index (χ4v) is 4.23. The highest BCUT2D eigenvalue weighted by atomic mass is 32.2. The van der Waals surface area contributed by atoms with Crippen molar-refractivity contribution in [1.29, 1.82) is 0 Å². The monoisotopic (exact) mass is 354 g/mol. The number of aryl methyl sites for hydroxylation is 6. The summed E-state index contributed by atoms with van der Waals surface area (Å²) in [5.74, 6) is 2.94. The Kier molecular flexibility index (Phi) is 5.75. The van der Waals surface area contributed by atoms with E-state index in [0.29, 0.717) is 6.42 Å². The third-order valence-electron chi connectivity index (χ3n) is 4.47. The van der Waals surface area contributed by atoms with E-state index in [2.05, 4.69) is 30.2 Å². The third kappa shape index (κ3) is 4.96. The predicted molar refractivity (Wildman–Crippen MR) is 106 cm³/mol. The van der Waals surface area contributed by atoms with E-state index in [0.717, 1.165) is 38.9 Å². The van der Waals surface area contributed by atoms with Crippen LogP contribution in [0.3, 0.4) is 0 Å². The smallest absolute Gasteiger partial charge is 0.215 e. The number of hydrogen-bond acceptors (Lipinski definition) is 2. The minimum Gasteiger partial charge on any atom is -0.215 e. The van der Waals surface area contributed by atoms with E-state index in [1.165, 1.54) is 5.56 Å². The molecule has 0 atom stereocenters. The van der Waals surface area contributed by atoms with Gasteiger partial charge in [-0.3, -0.25) is 0 Å². The molecule has 2 nitrogen and oxygen atoms in total. The first-order valence-electron chi connectivity index (χ1n) is 8.49. The van der Waals surface area contributed by atoms with Crippen molar-refractivity contribution in [3.63, 3.8) is 0 Å². The van der Waals surface area contributed by atoms with Crippen LogP contribution in [0.4, 0.5) is 0 Å². The summed E-state index contributed by atoms with van der Waals surface area (Å²) in [5, 5.41) is 2.52. The topological polar surface area (TPSA) is 34.1 Å². The van der Waals surface area contributed by atoms with Crippen LogP contribution in [0.25, 0.3) is 0 Å². The Morgan fingerprint density at radius 2 is 1.20 bits per heavy atom. The molecular weight excluding hydrogens is 328 g/mol. The summed E-state index contributed by atoms with van der Waals surface area (Å²) >= 11 is 0. The van der Waals surface area contributed by atoms with Crippen LogP contribution in [0.2, 0.25) is 0 Å². The summed E-state index contributed by atoms with van der Waals surface area (Å²) in [7, 11) is -3.43. The van der Waals surface area contributed by atoms with E-state index >= 15 is 0 Å². The molecule has 0 aromatic heterocycles. The van der Waals surface area contributed by atoms with Crippen molar-refractivity contribution in [3.8, 4) is 11.2 Å². The maximum Gasteiger partial charge on any atom is 0.217 e. The van der Waals surface area contributed by atoms with Gasteiger partial charge in [0, 0.05) is 10.8 Å². The number of hydrogen-bond donors (Lipinski definition) is 0. The molecule has 0 aliphatic heterocycles. The Bertz CT molecular complexity index is 925. The van der Waals surface area contributed by atoms with Gasteiger partial charge in [0.15, 0.2) is 0 Å². The zero-order chi connectivity index (χ0) is 18.8. The van der Waals surface area contributed by atoms with Gasteiger partial charge in [-0.1, -0.05) is 35.4 Å². The second-order valence-electron chi connectivity index (χ2n) is 6.95. The number of benzene rings is 2. The molecule has 0 unspecified atom stereocenters. The van der Waals surface area contributed by atoms with Gasteiger partial charge in [0.2, 0.25) is 9.84 Å². The lowest BCUT2D eigenvalue weighted by molar-refractivity contribution is 0.605. The average molecular weight is 355 g/mol. The van der Waals surface area contributed by atoms with Gasteiger partial charge in [-0.05, 0) is 81.7 Å². The molecule has 0 aliphatic carbocycles. The Balaban J connectivity index is 2.23. The highest BCUT2D eigenvalue weighted by Crippen LogP contribution is 2.18. The largest absolute Gasteiger partial charge is 0.217 e. The molecule has 132 valence electrons. The second kappa shape index (κ2) is 7.45. The van der Waals surface area contributed by atoms with Crippen LogP contribution in [0.1, 0.15) is 44.5 Å². The van der Waals surface area contributed by atoms with Gasteiger partial charge in [-0.2, -0.15) is 0 Å². The van der Waals surface area contributed by atoms with Gasteiger partial charge in [0.25, 0.3) is 0 Å². The molecule has 0 amide bonds. The molecule has 25 heavy (non-hydrogen) atoms. The van der Waals surface area contributed by atoms with Gasteiger partial charge in [-0.15, -0.1) is 0 Å². The fourth-order valence-electron chi connectivity index (χ4n) is 3.40. The van der Waals surface area contributed by atoms with Crippen molar-refractivity contribution in [1.82, 2.24) is 0 Å². The highest BCUT2D eigenvalue weighted by molar-refractivity contribution is 7.96. The summed E-state index contributed by atoms with van der Waals surface area (Å²) in [6.07, 6.45) is 0.501. The first kappa shape index (κ1) is 19.3. The summed E-state index contributed by atoms with van der Waals surface area (Å²) in [6, 6.07) is 8.25. The van der Waals surface area contributed by atoms with Crippen LogP contribution in [-0.2, 0) is 16.3 Å². The van der Waals surface area contributed by atoms with Crippen molar-refractivity contribution < 1.29 is 8.42 Å². The zero-order valence-electron chi connectivity index (χ0n) is 15.9. The highest BCUT2D eigenvalue weighted by Gasteiger charge is 2.11. The first-order valence-corrected chi connectivity index (χ1v) is 10.1. The van der Waals surface area contributed by atoms with E-state index in [1.807, 2.05) is 46.8 Å². The molecule has 0 saturated heterocycles. The second-order valence-corrected chi connectivity index (χ2v) is 8.79. The van der Waals surface area contributed by atoms with Crippen molar-refractivity contribution in [3.05, 3.63) is 68.8 Å². The van der Waals surface area contributed by atoms with Crippen molar-refractivity contribution >= 4 is 9.84 Å². The van der Waals surface area contributed by atoms with Gasteiger partial charge in [-0.25, -0.2) is 8.42 Å². The van der Waals surface area contributed by atoms with Gasteiger partial charge in [0.1, 0.15) is 0 Å². The summed E-state index contributed by atoms with van der Waals surface area (Å²) in [6.45, 7) is 12.1. The van der Waals surface area contributed by atoms with Crippen molar-refractivity contribution in [2.24, 2.45) is 0 Å². The Morgan fingerprint density at radius 3 is 1.68 bits per heavy atom. The maximum atomic E-state index is 12.4. The van der Waals surface area contributed by atoms with Crippen molar-refractivity contribution in [2.75, 3.05) is 5.75 Å². The van der Waals surface area contributed by atoms with Crippen molar-refractivity contribution in [2.45, 2.75) is 48.0 Å². The quantitative estimate of drug-likeness (QED) is 0.760. The Morgan fingerprint density at radius 1 is 0.760 bits per heavy atom. The zero-order valence-corrected chi connectivity index (χ0v) is 16.8. The molecule has 0 spiro atoms. The normalized spacial score (nSPS) is 11.1. The minimum atomic E-state index is -3.43. The van der Waals surface area contributed by atoms with Crippen LogP contribution in [0.15, 0.2) is 24.3 Å². The van der Waals surface area contributed by atoms with Crippen LogP contribution < -0.4 is 0 Å². The third-order valence-corrected chi connectivity index (χ3v) is 5.62. The molecule has 2 aromatic rings. The van der Waals surface area contributed by atoms with E-state index < -0.39 is 9.84 Å². The first-order chi connectivity index (χ1) is 11.6. The minimum absolute atomic E-state index is 0.0503. The van der Waals surface area contributed by atoms with Crippen LogP contribution >= 0.6 is 0 Å². The summed E-state index contributed by atoms with van der Waals surface area (Å²) in [4.78, 5) is 0. The molecule has 2 rings (SSSR count). The molecule has 0 bridgehead atoms. The van der Waals surface area contributed by atoms with E-state index in [4.69, 9.17) is 0 Å². The standard InChI is InChI=1S/C22H26O2S/c1-15-11-17(3)21(18(4)12-15)7-9-25(23,24)10-8-22-19(5)13-16(2)14-20(22)6/h11-14H,7,9H2,1-6H3. The number of sulfone groups is 1. The summed E-state index contributed by atoms with van der Waals surface area (Å²) in [5.41, 5.74) is 8.61. The fraction of sp³-hybridized carbons (Fsp3) is 0.364. The lowest BCUT2D eigenvalue weighted by Gasteiger charge is -2.10. The summed E-state index contributed by atoms with van der Waals surface area (Å²) < 4.78 is 24.8. The molecule has 2 aromatic carbocycles. The molecule has 3 heteroatoms. The number of rotatable bonds is 3. The molecular formula is C22H26O2S. The van der Waals surface area contributed by atoms with Crippen LogP contribution in [-0.4, -0.2) is 14.2 Å². The lowest BCUT2D eigenvalue weighted by atomic mass is 9.98. The predicted octanol–water partition coefficient (Wildman–Crippen LogP) is 4.50. The van der Waals surface area contributed by atoms with Crippen LogP contribution in [0.5, 0.6) is 0 Å². The molecule has 0 fully saturated rings. The van der Waals surface area contributed by atoms with E-state index in [-0.39, 0.29) is 5.75 Å². The Labute approximate surface area is 152 Å². The molecule has 0 saturated carbocycles. The SMILES string of the molecule is Cc1cc(C)c(C#CS(=O)(=O)CCc2c(C)cc(C)cc2C)c(C)c1. The molecule has 0 radical (unpaired) electrons. The van der Waals surface area contributed by atoms with Gasteiger partial charge in [0.05, 0.1) is 5.75 Å². The molecule has 0 aliphatic rings. The average Bonchev–Trinajstić information content (AvgIpc) is 2.44. The maximum absolute atomic E-state index is 12.4. The van der Waals surface area contributed by atoms with Gasteiger partial charge >= 0.3 is 0 Å². The molecule has 0 heterocycles. The van der Waals surface area contributed by atoms with E-state index in [9.17, 15) is 8.42 Å². The van der Waals surface area contributed by atoms with Crippen LogP contribution in [0, 0.1) is 52.7 Å². The lowest BCUT2D eigenvalue weighted by Crippen LogP contribution is -2.08. The molecule has 0 N–H and O–H groups in total. The van der Waals surface area contributed by atoms with E-state index in [1.54, 1.807) is 0 Å². The Hall–Kier alpha value is -2.05.